The van der Waals surface area contributed by atoms with Crippen molar-refractivity contribution in [1.29, 1.82) is 0 Å². The molecule has 0 saturated carbocycles. The van der Waals surface area contributed by atoms with Crippen molar-refractivity contribution in [2.45, 2.75) is 26.4 Å². The molecule has 0 radical (unpaired) electrons. The molecule has 2 aromatic heterocycles. The van der Waals surface area contributed by atoms with E-state index < -0.39 is 28.0 Å². The SMILES string of the molecule is CCn1cc(-c2ccnc(NC[C@H](C)NC(=O)O)n2)c(-c2cc(Cl)cc(NS(C)(=O)=O)c2F)n1. The van der Waals surface area contributed by atoms with Gasteiger partial charge >= 0.3 is 6.09 Å². The van der Waals surface area contributed by atoms with Gasteiger partial charge in [-0.3, -0.25) is 9.40 Å². The van der Waals surface area contributed by atoms with Crippen molar-refractivity contribution in [3.63, 3.8) is 0 Å². The number of hydrogen-bond acceptors (Lipinski definition) is 7. The molecule has 1 atom stereocenters. The Bertz CT molecular complexity index is 1320. The number of rotatable bonds is 9. The minimum Gasteiger partial charge on any atom is -0.465 e. The van der Waals surface area contributed by atoms with Crippen LogP contribution in [0.3, 0.4) is 0 Å². The second-order valence-corrected chi connectivity index (χ2v) is 9.62. The first-order valence-electron chi connectivity index (χ1n) is 10.1. The number of carboxylic acid groups (broad SMARTS) is 1. The Hall–Kier alpha value is -3.45. The number of hydrogen-bond donors (Lipinski definition) is 4. The monoisotopic (exact) mass is 511 g/mol. The van der Waals surface area contributed by atoms with E-state index in [9.17, 15) is 13.2 Å². The topological polar surface area (TPSA) is 151 Å². The molecule has 0 aliphatic rings. The second kappa shape index (κ2) is 10.2. The standard InChI is InChI=1S/C20H23ClFN7O4S/c1-4-29-10-14(15-5-6-23-19(26-15)24-9-11(2)25-20(30)31)18(27-29)13-7-12(21)8-16(17(13)22)28-34(3,32)33/h5-8,10-11,25,28H,4,9H2,1-3H3,(H,30,31)(H,23,24,26)/t11-/m0/s1. The lowest BCUT2D eigenvalue weighted by Crippen LogP contribution is -2.36. The summed E-state index contributed by atoms with van der Waals surface area (Å²) in [5.41, 5.74) is 0.794. The quantitative estimate of drug-likeness (QED) is 0.341. The molecule has 0 unspecified atom stereocenters. The van der Waals surface area contributed by atoms with Crippen LogP contribution in [0.1, 0.15) is 13.8 Å². The average molecular weight is 512 g/mol. The lowest BCUT2D eigenvalue weighted by Gasteiger charge is -2.13. The first kappa shape index (κ1) is 25.2. The molecule has 3 aromatic rings. The highest BCUT2D eigenvalue weighted by Gasteiger charge is 2.22. The molecular weight excluding hydrogens is 489 g/mol. The van der Waals surface area contributed by atoms with E-state index in [0.717, 1.165) is 6.26 Å². The van der Waals surface area contributed by atoms with E-state index in [0.29, 0.717) is 17.8 Å². The molecule has 0 aliphatic heterocycles. The zero-order valence-electron chi connectivity index (χ0n) is 18.5. The summed E-state index contributed by atoms with van der Waals surface area (Å²) in [4.78, 5) is 19.3. The number of halogens is 2. The van der Waals surface area contributed by atoms with E-state index in [1.807, 2.05) is 6.92 Å². The molecule has 0 fully saturated rings. The first-order chi connectivity index (χ1) is 16.0. The van der Waals surface area contributed by atoms with Gasteiger partial charge in [0.1, 0.15) is 5.69 Å². The number of aryl methyl sites for hydroxylation is 1. The van der Waals surface area contributed by atoms with Crippen LogP contribution in [-0.4, -0.2) is 58.2 Å². The lowest BCUT2D eigenvalue weighted by molar-refractivity contribution is 0.191. The van der Waals surface area contributed by atoms with E-state index >= 15 is 4.39 Å². The normalized spacial score (nSPS) is 12.3. The number of benzene rings is 1. The van der Waals surface area contributed by atoms with Crippen LogP contribution in [0.4, 0.5) is 20.8 Å². The van der Waals surface area contributed by atoms with Gasteiger partial charge in [0, 0.05) is 47.7 Å². The van der Waals surface area contributed by atoms with Gasteiger partial charge in [-0.05, 0) is 32.0 Å². The predicted molar refractivity (Wildman–Crippen MR) is 127 cm³/mol. The molecule has 0 bridgehead atoms. The molecule has 11 nitrogen and oxygen atoms in total. The fraction of sp³-hybridized carbons (Fsp3) is 0.300. The highest BCUT2D eigenvalue weighted by molar-refractivity contribution is 7.92. The maximum Gasteiger partial charge on any atom is 0.404 e. The maximum absolute atomic E-state index is 15.3. The zero-order chi connectivity index (χ0) is 25.0. The second-order valence-electron chi connectivity index (χ2n) is 7.43. The lowest BCUT2D eigenvalue weighted by atomic mass is 10.0. The molecule has 0 saturated heterocycles. The summed E-state index contributed by atoms with van der Waals surface area (Å²) in [6.07, 6.45) is 2.94. The van der Waals surface area contributed by atoms with Crippen molar-refractivity contribution in [3.05, 3.63) is 41.4 Å². The molecule has 1 aromatic carbocycles. The molecule has 4 N–H and O–H groups in total. The van der Waals surface area contributed by atoms with E-state index in [-0.39, 0.29) is 34.5 Å². The third-order valence-electron chi connectivity index (χ3n) is 4.54. The van der Waals surface area contributed by atoms with Gasteiger partial charge in [-0.15, -0.1) is 0 Å². The van der Waals surface area contributed by atoms with Crippen LogP contribution in [0, 0.1) is 5.82 Å². The minimum absolute atomic E-state index is 0.00625. The highest BCUT2D eigenvalue weighted by atomic mass is 35.5. The molecule has 1 amide bonds. The fourth-order valence-electron chi connectivity index (χ4n) is 3.11. The number of anilines is 2. The van der Waals surface area contributed by atoms with Gasteiger partial charge in [0.15, 0.2) is 5.82 Å². The number of carbonyl (C=O) groups is 1. The van der Waals surface area contributed by atoms with Gasteiger partial charge in [0.2, 0.25) is 16.0 Å². The summed E-state index contributed by atoms with van der Waals surface area (Å²) < 4.78 is 42.4. The van der Waals surface area contributed by atoms with E-state index in [4.69, 9.17) is 16.7 Å². The Labute approximate surface area is 200 Å². The van der Waals surface area contributed by atoms with Crippen LogP contribution in [0.15, 0.2) is 30.6 Å². The van der Waals surface area contributed by atoms with Crippen molar-refractivity contribution >= 4 is 39.4 Å². The zero-order valence-corrected chi connectivity index (χ0v) is 20.1. The van der Waals surface area contributed by atoms with E-state index in [2.05, 4.69) is 30.4 Å². The van der Waals surface area contributed by atoms with Crippen molar-refractivity contribution in [3.8, 4) is 22.5 Å². The summed E-state index contributed by atoms with van der Waals surface area (Å²) in [6.45, 7) is 4.26. The smallest absolute Gasteiger partial charge is 0.404 e. The molecule has 3 rings (SSSR count). The van der Waals surface area contributed by atoms with Gasteiger partial charge in [-0.2, -0.15) is 5.10 Å². The Morgan fingerprint density at radius 3 is 2.71 bits per heavy atom. The van der Waals surface area contributed by atoms with Crippen molar-refractivity contribution in [1.82, 2.24) is 25.1 Å². The molecule has 182 valence electrons. The van der Waals surface area contributed by atoms with Gasteiger partial charge in [-0.1, -0.05) is 11.6 Å². The largest absolute Gasteiger partial charge is 0.465 e. The van der Waals surface area contributed by atoms with Crippen molar-refractivity contribution in [2.24, 2.45) is 0 Å². The molecule has 14 heteroatoms. The van der Waals surface area contributed by atoms with E-state index in [1.165, 1.54) is 18.3 Å². The van der Waals surface area contributed by atoms with Crippen LogP contribution in [0.5, 0.6) is 0 Å². The molecule has 0 spiro atoms. The van der Waals surface area contributed by atoms with Gasteiger partial charge < -0.3 is 15.7 Å². The highest BCUT2D eigenvalue weighted by Crippen LogP contribution is 2.36. The molecule has 2 heterocycles. The summed E-state index contributed by atoms with van der Waals surface area (Å²) >= 11 is 6.15. The summed E-state index contributed by atoms with van der Waals surface area (Å²) in [6, 6.07) is 3.75. The third-order valence-corrected chi connectivity index (χ3v) is 5.35. The maximum atomic E-state index is 15.3. The van der Waals surface area contributed by atoms with Crippen LogP contribution in [0.25, 0.3) is 22.5 Å². The van der Waals surface area contributed by atoms with Crippen LogP contribution < -0.4 is 15.4 Å². The Morgan fingerprint density at radius 2 is 2.06 bits per heavy atom. The number of aromatic nitrogens is 4. The van der Waals surface area contributed by atoms with Crippen molar-refractivity contribution < 1.29 is 22.7 Å². The number of sulfonamides is 1. The Balaban J connectivity index is 2.03. The number of nitrogens with zero attached hydrogens (tertiary/aromatic N) is 4. The first-order valence-corrected chi connectivity index (χ1v) is 12.3. The average Bonchev–Trinajstić information content (AvgIpc) is 3.18. The summed E-state index contributed by atoms with van der Waals surface area (Å²) in [7, 11) is -3.75. The van der Waals surface area contributed by atoms with Gasteiger partial charge in [-0.25, -0.2) is 27.6 Å². The van der Waals surface area contributed by atoms with Crippen LogP contribution in [-0.2, 0) is 16.6 Å². The third kappa shape index (κ3) is 6.32. The van der Waals surface area contributed by atoms with Crippen molar-refractivity contribution in [2.75, 3.05) is 22.8 Å². The van der Waals surface area contributed by atoms with Crippen LogP contribution in [0.2, 0.25) is 5.02 Å². The fourth-order valence-corrected chi connectivity index (χ4v) is 3.87. The Kier molecular flexibility index (Phi) is 7.57. The van der Waals surface area contributed by atoms with E-state index in [1.54, 1.807) is 23.9 Å². The number of amides is 1. The van der Waals surface area contributed by atoms with Gasteiger partial charge in [0.05, 0.1) is 17.6 Å². The minimum atomic E-state index is -3.75. The molecule has 34 heavy (non-hydrogen) atoms. The predicted octanol–water partition coefficient (Wildman–Crippen LogP) is 3.26. The van der Waals surface area contributed by atoms with Gasteiger partial charge in [0.25, 0.3) is 0 Å². The molecule has 0 aliphatic carbocycles. The summed E-state index contributed by atoms with van der Waals surface area (Å²) in [5, 5.41) is 18.6. The Morgan fingerprint density at radius 1 is 1.32 bits per heavy atom. The number of nitrogens with one attached hydrogen (secondary N) is 3. The van der Waals surface area contributed by atoms with Crippen LogP contribution >= 0.6 is 11.6 Å². The molecular formula is C20H23ClFN7O4S. The summed E-state index contributed by atoms with van der Waals surface area (Å²) in [5.74, 6) is -0.601.